The van der Waals surface area contributed by atoms with Crippen LogP contribution in [0.15, 0.2) is 24.9 Å². The van der Waals surface area contributed by atoms with Gasteiger partial charge < -0.3 is 19.5 Å². The van der Waals surface area contributed by atoms with Crippen molar-refractivity contribution in [2.75, 3.05) is 30.9 Å². The van der Waals surface area contributed by atoms with Crippen molar-refractivity contribution in [3.63, 3.8) is 0 Å². The molecule has 3 aromatic heterocycles. The van der Waals surface area contributed by atoms with Crippen LogP contribution < -0.4 is 16.1 Å². The van der Waals surface area contributed by atoms with E-state index in [4.69, 9.17) is 16.3 Å². The Morgan fingerprint density at radius 1 is 1.16 bits per heavy atom. The minimum absolute atomic E-state index is 0.0410. The van der Waals surface area contributed by atoms with Crippen LogP contribution in [0.5, 0.6) is 0 Å². The van der Waals surface area contributed by atoms with Crippen molar-refractivity contribution >= 4 is 46.5 Å². The van der Waals surface area contributed by atoms with Crippen LogP contribution in [0, 0.1) is 0 Å². The number of carbonyl (C=O) groups excluding carboxylic acids is 3. The fourth-order valence-corrected chi connectivity index (χ4v) is 4.17. The van der Waals surface area contributed by atoms with Crippen molar-refractivity contribution in [1.82, 2.24) is 34.4 Å². The van der Waals surface area contributed by atoms with Gasteiger partial charge in [-0.25, -0.2) is 19.7 Å². The van der Waals surface area contributed by atoms with Crippen LogP contribution in [0.2, 0.25) is 5.02 Å². The minimum Gasteiger partial charge on any atom is -0.444 e. The quantitative estimate of drug-likeness (QED) is 0.438. The highest BCUT2D eigenvalue weighted by Crippen LogP contribution is 2.20. The lowest BCUT2D eigenvalue weighted by Crippen LogP contribution is -2.44. The fraction of sp³-hybridized carbons (Fsp3) is 0.478. The molecule has 0 atom stereocenters. The summed E-state index contributed by atoms with van der Waals surface area (Å²) in [5.74, 6) is -0.646. The highest BCUT2D eigenvalue weighted by molar-refractivity contribution is 6.33. The number of hydrogen-bond donors (Lipinski definition) is 3. The van der Waals surface area contributed by atoms with Gasteiger partial charge in [-0.3, -0.25) is 25.0 Å². The van der Waals surface area contributed by atoms with Crippen LogP contribution in [-0.4, -0.2) is 78.8 Å². The molecule has 37 heavy (non-hydrogen) atoms. The van der Waals surface area contributed by atoms with Gasteiger partial charge in [-0.15, -0.1) is 0 Å². The largest absolute Gasteiger partial charge is 0.444 e. The van der Waals surface area contributed by atoms with E-state index in [1.54, 1.807) is 26.8 Å². The second-order valence-electron chi connectivity index (χ2n) is 9.86. The van der Waals surface area contributed by atoms with E-state index in [2.05, 4.69) is 35.9 Å². The van der Waals surface area contributed by atoms with Gasteiger partial charge in [0.25, 0.3) is 11.8 Å². The first-order valence-corrected chi connectivity index (χ1v) is 12.2. The third kappa shape index (κ3) is 6.54. The van der Waals surface area contributed by atoms with Gasteiger partial charge in [0.05, 0.1) is 11.3 Å². The van der Waals surface area contributed by atoms with Crippen LogP contribution in [0.25, 0.3) is 11.2 Å². The summed E-state index contributed by atoms with van der Waals surface area (Å²) >= 11 is 6.27. The van der Waals surface area contributed by atoms with Gasteiger partial charge in [0.2, 0.25) is 0 Å². The van der Waals surface area contributed by atoms with Gasteiger partial charge in [-0.05, 0) is 59.8 Å². The second-order valence-corrected chi connectivity index (χ2v) is 10.3. The van der Waals surface area contributed by atoms with E-state index < -0.39 is 17.6 Å². The molecule has 0 radical (unpaired) electrons. The maximum Gasteiger partial charge on any atom is 0.413 e. The molecule has 0 spiro atoms. The number of halogens is 1. The van der Waals surface area contributed by atoms with Crippen LogP contribution in [0.4, 0.5) is 10.6 Å². The zero-order valence-electron chi connectivity index (χ0n) is 21.1. The molecule has 198 valence electrons. The Labute approximate surface area is 218 Å². The van der Waals surface area contributed by atoms with Crippen molar-refractivity contribution in [3.05, 3.63) is 35.6 Å². The smallest absolute Gasteiger partial charge is 0.413 e. The predicted octanol–water partition coefficient (Wildman–Crippen LogP) is 2.22. The predicted molar refractivity (Wildman–Crippen MR) is 137 cm³/mol. The molecular formula is C23H30ClN9O4. The number of likely N-dealkylation sites (tertiary alicyclic amines) is 1. The lowest BCUT2D eigenvalue weighted by atomic mass is 10.1. The molecule has 4 heterocycles. The number of anilines is 1. The summed E-state index contributed by atoms with van der Waals surface area (Å²) in [4.78, 5) is 52.6. The van der Waals surface area contributed by atoms with E-state index >= 15 is 0 Å². The van der Waals surface area contributed by atoms with E-state index in [-0.39, 0.29) is 35.0 Å². The summed E-state index contributed by atoms with van der Waals surface area (Å²) in [6.45, 7) is 6.87. The van der Waals surface area contributed by atoms with Gasteiger partial charge >= 0.3 is 6.09 Å². The van der Waals surface area contributed by atoms with Gasteiger partial charge in [-0.2, -0.15) is 0 Å². The molecular weight excluding hydrogens is 502 g/mol. The molecule has 3 aromatic rings. The summed E-state index contributed by atoms with van der Waals surface area (Å²) in [6, 6.07) is 1.58. The normalized spacial score (nSPS) is 14.9. The van der Waals surface area contributed by atoms with Crippen molar-refractivity contribution < 1.29 is 19.1 Å². The van der Waals surface area contributed by atoms with Gasteiger partial charge in [0.15, 0.2) is 17.0 Å². The number of ether oxygens (including phenoxy) is 1. The van der Waals surface area contributed by atoms with Crippen molar-refractivity contribution in [3.8, 4) is 0 Å². The van der Waals surface area contributed by atoms with Crippen LogP contribution in [0.1, 0.15) is 44.1 Å². The maximum atomic E-state index is 12.9. The molecule has 0 saturated carbocycles. The Bertz CT molecular complexity index is 1310. The molecule has 0 aromatic carbocycles. The summed E-state index contributed by atoms with van der Waals surface area (Å²) in [5.41, 5.74) is 2.77. The fourth-order valence-electron chi connectivity index (χ4n) is 3.94. The lowest BCUT2D eigenvalue weighted by molar-refractivity contribution is -0.117. The third-order valence-corrected chi connectivity index (χ3v) is 5.99. The van der Waals surface area contributed by atoms with Gasteiger partial charge in [0, 0.05) is 12.2 Å². The zero-order valence-corrected chi connectivity index (χ0v) is 21.9. The Morgan fingerprint density at radius 3 is 2.59 bits per heavy atom. The first-order chi connectivity index (χ1) is 17.5. The van der Waals surface area contributed by atoms with Crippen LogP contribution in [-0.2, 0) is 16.1 Å². The van der Waals surface area contributed by atoms with Crippen LogP contribution in [0.3, 0.4) is 0 Å². The number of rotatable bonds is 6. The number of fused-ring (bicyclic) bond motifs is 1. The summed E-state index contributed by atoms with van der Waals surface area (Å²) in [7, 11) is 2.05. The maximum absolute atomic E-state index is 12.9. The third-order valence-electron chi connectivity index (χ3n) is 5.69. The molecule has 3 amide bonds. The molecule has 13 nitrogen and oxygen atoms in total. The van der Waals surface area contributed by atoms with E-state index in [1.165, 1.54) is 28.1 Å². The first-order valence-electron chi connectivity index (χ1n) is 11.8. The molecule has 0 unspecified atom stereocenters. The zero-order chi connectivity index (χ0) is 26.7. The van der Waals surface area contributed by atoms with E-state index in [0.717, 1.165) is 25.9 Å². The number of nitrogens with zero attached hydrogens (tertiary/aromatic N) is 6. The second kappa shape index (κ2) is 10.7. The van der Waals surface area contributed by atoms with Gasteiger partial charge in [-0.1, -0.05) is 11.6 Å². The van der Waals surface area contributed by atoms with Crippen molar-refractivity contribution in [1.29, 1.82) is 0 Å². The summed E-state index contributed by atoms with van der Waals surface area (Å²) in [5, 5.41) is 5.78. The van der Waals surface area contributed by atoms with Crippen molar-refractivity contribution in [2.24, 2.45) is 0 Å². The highest BCUT2D eigenvalue weighted by Gasteiger charge is 2.24. The number of hydrogen-bond acceptors (Lipinski definition) is 8. The standard InChI is InChI=1S/C23H30ClN9O4/c1-23(2,3)37-22(36)29-19-17-20(26-12-25-19)32(13-27-17)11-16(34)30-33-10-7-15(24)18(33)21(35)28-14-5-8-31(4)9-6-14/h7,10,12-14H,5-6,8-9,11H2,1-4H3,(H,28,35)(H,30,34)(H,25,26,29,36). The molecule has 0 bridgehead atoms. The topological polar surface area (TPSA) is 148 Å². The Balaban J connectivity index is 1.43. The molecule has 4 rings (SSSR count). The number of amides is 3. The molecule has 14 heteroatoms. The number of nitrogens with one attached hydrogen (secondary N) is 3. The Kier molecular flexibility index (Phi) is 7.64. The first kappa shape index (κ1) is 26.4. The number of aromatic nitrogens is 5. The van der Waals surface area contributed by atoms with Crippen LogP contribution >= 0.6 is 11.6 Å². The number of piperidine rings is 1. The molecule has 1 aliphatic rings. The molecule has 1 aliphatic heterocycles. The Hall–Kier alpha value is -3.71. The van der Waals surface area contributed by atoms with E-state index in [0.29, 0.717) is 11.2 Å². The summed E-state index contributed by atoms with van der Waals surface area (Å²) in [6.07, 6.45) is 5.18. The lowest BCUT2D eigenvalue weighted by Gasteiger charge is -2.29. The minimum atomic E-state index is -0.685. The molecule has 3 N–H and O–H groups in total. The number of carbonyl (C=O) groups is 3. The average molecular weight is 532 g/mol. The molecule has 0 aliphatic carbocycles. The SMILES string of the molecule is CN1CCC(NC(=O)c2c(Cl)ccn2NC(=O)Cn2cnc3c(NC(=O)OC(C)(C)C)ncnc32)CC1. The highest BCUT2D eigenvalue weighted by atomic mass is 35.5. The Morgan fingerprint density at radius 2 is 1.89 bits per heavy atom. The van der Waals surface area contributed by atoms with E-state index in [9.17, 15) is 14.4 Å². The van der Waals surface area contributed by atoms with Gasteiger partial charge in [0.1, 0.15) is 24.2 Å². The van der Waals surface area contributed by atoms with Crippen molar-refractivity contribution in [2.45, 2.75) is 51.8 Å². The summed E-state index contributed by atoms with van der Waals surface area (Å²) < 4.78 is 8.06. The average Bonchev–Trinajstić information content (AvgIpc) is 3.38. The number of imidazole rings is 1. The van der Waals surface area contributed by atoms with E-state index in [1.807, 2.05) is 7.05 Å². The monoisotopic (exact) mass is 531 g/mol. The molecule has 1 fully saturated rings. The molecule has 1 saturated heterocycles.